The van der Waals surface area contributed by atoms with E-state index in [0.717, 1.165) is 97.5 Å². The first-order valence-corrected chi connectivity index (χ1v) is 22.3. The minimum atomic E-state index is -0.123. The first kappa shape index (κ1) is 44.3. The molecule has 1 aliphatic rings. The van der Waals surface area contributed by atoms with Gasteiger partial charge in [0.25, 0.3) is 0 Å². The topological polar surface area (TPSA) is 133 Å². The Morgan fingerprint density at radius 2 is 1.08 bits per heavy atom. The smallest absolute Gasteiger partial charge is 0.208 e. The Hall–Kier alpha value is -5.80. The van der Waals surface area contributed by atoms with Crippen LogP contribution in [0.5, 0.6) is 23.0 Å². The summed E-state index contributed by atoms with van der Waals surface area (Å²) in [5.41, 5.74) is 7.32. The average molecular weight is 963 g/mol. The monoisotopic (exact) mass is 960 g/mol. The molecule has 320 valence electrons. The van der Waals surface area contributed by atoms with Gasteiger partial charge in [-0.1, -0.05) is 51.6 Å². The number of hydrogen-bond donors (Lipinski definition) is 3. The highest BCUT2D eigenvalue weighted by Gasteiger charge is 2.12. The number of unbranched alkanes of at least 4 members (excludes halogenated alkanes) is 2. The third kappa shape index (κ3) is 12.2. The molecule has 0 radical (unpaired) electrons. The Kier molecular flexibility index (Phi) is 15.6. The third-order valence-corrected chi connectivity index (χ3v) is 11.0. The highest BCUT2D eigenvalue weighted by Crippen LogP contribution is 2.30. The van der Waals surface area contributed by atoms with E-state index in [0.29, 0.717) is 17.2 Å². The SMILES string of the molecule is C1CCOC1.CCCCCc1cc(Oc2ccc3c(c2)nc(Nc2ccc(Br)cc2)n3C)ccn1.Cn1c(Nc2ccc(Br)cc2)nc2cc(Oc3ccnc(CO)c3)ccc21. The van der Waals surface area contributed by atoms with Gasteiger partial charge in [-0.15, -0.1) is 0 Å². The Bertz CT molecular complexity index is 2670. The number of imidazole rings is 2. The van der Waals surface area contributed by atoms with Crippen molar-refractivity contribution in [2.24, 2.45) is 14.1 Å². The summed E-state index contributed by atoms with van der Waals surface area (Å²) in [6.07, 6.45) is 10.5. The van der Waals surface area contributed by atoms with Crippen LogP contribution < -0.4 is 20.1 Å². The molecule has 0 amide bonds. The number of ether oxygens (including phenoxy) is 3. The van der Waals surface area contributed by atoms with Crippen molar-refractivity contribution in [2.75, 3.05) is 23.8 Å². The van der Waals surface area contributed by atoms with Crippen LogP contribution in [0, 0.1) is 0 Å². The molecule has 1 aliphatic heterocycles. The average Bonchev–Trinajstić information content (AvgIpc) is 4.04. The number of nitrogens with one attached hydrogen (secondary N) is 2. The molecule has 0 bridgehead atoms. The van der Waals surface area contributed by atoms with Crippen molar-refractivity contribution < 1.29 is 19.3 Å². The van der Waals surface area contributed by atoms with Gasteiger partial charge in [0, 0.05) is 90.0 Å². The zero-order chi connectivity index (χ0) is 43.3. The number of hydrogen-bond acceptors (Lipinski definition) is 10. The number of rotatable bonds is 13. The summed E-state index contributed by atoms with van der Waals surface area (Å²) in [5.74, 6) is 4.40. The molecule has 4 aromatic heterocycles. The lowest BCUT2D eigenvalue weighted by Crippen LogP contribution is -1.98. The van der Waals surface area contributed by atoms with Crippen LogP contribution in [0.3, 0.4) is 0 Å². The summed E-state index contributed by atoms with van der Waals surface area (Å²) in [6, 6.07) is 35.1. The van der Waals surface area contributed by atoms with Crippen LogP contribution in [0.1, 0.15) is 50.4 Å². The van der Waals surface area contributed by atoms with Gasteiger partial charge >= 0.3 is 0 Å². The molecular weight excluding hydrogens is 912 g/mol. The zero-order valence-electron chi connectivity index (χ0n) is 35.0. The molecular formula is C48H50Br2N8O4. The van der Waals surface area contributed by atoms with Gasteiger partial charge in [-0.3, -0.25) is 9.97 Å². The molecule has 5 heterocycles. The van der Waals surface area contributed by atoms with Gasteiger partial charge in [-0.2, -0.15) is 0 Å². The molecule has 4 aromatic carbocycles. The van der Waals surface area contributed by atoms with Crippen molar-refractivity contribution in [3.8, 4) is 23.0 Å². The number of aliphatic hydroxyl groups excluding tert-OH is 1. The van der Waals surface area contributed by atoms with E-state index >= 15 is 0 Å². The lowest BCUT2D eigenvalue weighted by atomic mass is 10.1. The van der Waals surface area contributed by atoms with Crippen molar-refractivity contribution >= 4 is 77.2 Å². The Balaban J connectivity index is 0.000000168. The second kappa shape index (κ2) is 21.8. The first-order valence-electron chi connectivity index (χ1n) is 20.7. The van der Waals surface area contributed by atoms with Crippen molar-refractivity contribution in [3.05, 3.63) is 142 Å². The number of fused-ring (bicyclic) bond motifs is 2. The summed E-state index contributed by atoms with van der Waals surface area (Å²) < 4.78 is 23.0. The van der Waals surface area contributed by atoms with Gasteiger partial charge < -0.3 is 39.1 Å². The van der Waals surface area contributed by atoms with Gasteiger partial charge in [0.1, 0.15) is 23.0 Å². The maximum atomic E-state index is 9.20. The van der Waals surface area contributed by atoms with Gasteiger partial charge in [0.05, 0.1) is 34.4 Å². The van der Waals surface area contributed by atoms with E-state index in [1.165, 1.54) is 25.7 Å². The number of halogens is 2. The quantitative estimate of drug-likeness (QED) is 0.0959. The fourth-order valence-electron chi connectivity index (χ4n) is 6.64. The number of pyridine rings is 2. The van der Waals surface area contributed by atoms with Crippen LogP contribution in [-0.4, -0.2) is 47.4 Å². The fraction of sp³-hybridized carbons (Fsp3) is 0.250. The van der Waals surface area contributed by atoms with Gasteiger partial charge in [0.2, 0.25) is 11.9 Å². The molecule has 0 spiro atoms. The molecule has 1 saturated heterocycles. The normalized spacial score (nSPS) is 12.0. The minimum absolute atomic E-state index is 0.123. The molecule has 8 aromatic rings. The number of aliphatic hydroxyl groups is 1. The summed E-state index contributed by atoms with van der Waals surface area (Å²) in [5, 5.41) is 15.9. The molecule has 3 N–H and O–H groups in total. The number of aromatic nitrogens is 6. The highest BCUT2D eigenvalue weighted by atomic mass is 79.9. The van der Waals surface area contributed by atoms with Crippen molar-refractivity contribution in [2.45, 2.75) is 52.1 Å². The molecule has 9 rings (SSSR count). The lowest BCUT2D eigenvalue weighted by molar-refractivity contribution is 0.198. The van der Waals surface area contributed by atoms with Crippen molar-refractivity contribution in [1.82, 2.24) is 29.1 Å². The van der Waals surface area contributed by atoms with E-state index < -0.39 is 0 Å². The van der Waals surface area contributed by atoms with E-state index in [4.69, 9.17) is 19.2 Å². The van der Waals surface area contributed by atoms with E-state index in [1.54, 1.807) is 18.3 Å². The number of aryl methyl sites for hydroxylation is 3. The van der Waals surface area contributed by atoms with Crippen LogP contribution in [0.25, 0.3) is 22.1 Å². The Labute approximate surface area is 378 Å². The minimum Gasteiger partial charge on any atom is -0.457 e. The van der Waals surface area contributed by atoms with Crippen LogP contribution in [0.2, 0.25) is 0 Å². The van der Waals surface area contributed by atoms with Crippen molar-refractivity contribution in [3.63, 3.8) is 0 Å². The largest absolute Gasteiger partial charge is 0.457 e. The van der Waals surface area contributed by atoms with Gasteiger partial charge in [0.15, 0.2) is 0 Å². The molecule has 12 nitrogen and oxygen atoms in total. The predicted molar refractivity (Wildman–Crippen MR) is 254 cm³/mol. The fourth-order valence-corrected chi connectivity index (χ4v) is 7.16. The second-order valence-electron chi connectivity index (χ2n) is 14.7. The van der Waals surface area contributed by atoms with E-state index in [2.05, 4.69) is 64.4 Å². The summed E-state index contributed by atoms with van der Waals surface area (Å²) in [6.45, 7) is 4.09. The highest BCUT2D eigenvalue weighted by molar-refractivity contribution is 9.10. The van der Waals surface area contributed by atoms with Crippen LogP contribution in [-0.2, 0) is 31.9 Å². The Morgan fingerprint density at radius 1 is 0.613 bits per heavy atom. The molecule has 0 atom stereocenters. The van der Waals surface area contributed by atoms with Crippen LogP contribution >= 0.6 is 31.9 Å². The summed E-state index contributed by atoms with van der Waals surface area (Å²) in [4.78, 5) is 17.9. The van der Waals surface area contributed by atoms with Gasteiger partial charge in [-0.25, -0.2) is 9.97 Å². The standard InChI is InChI=1S/C24H25BrN4O.C20H17BrN4O2.C4H8O/c1-3-4-5-6-19-15-21(13-14-26-19)30-20-11-12-23-22(16-20)28-24(29(23)2)27-18-9-7-17(25)8-10-18;1-25-19-7-6-16(27-17-8-9-22-15(10-17)12-26)11-18(19)24-20(25)23-14-4-2-13(21)3-5-14;1-2-4-5-3-1/h7-16H,3-6H2,1-2H3,(H,27,28);2-11,26H,12H2,1H3,(H,23,24);1-4H2. The predicted octanol–water partition coefficient (Wildman–Crippen LogP) is 12.6. The van der Waals surface area contributed by atoms with E-state index in [9.17, 15) is 5.11 Å². The first-order chi connectivity index (χ1) is 30.2. The van der Waals surface area contributed by atoms with E-state index in [1.807, 2.05) is 126 Å². The van der Waals surface area contributed by atoms with Gasteiger partial charge in [-0.05, 0) is 111 Å². The van der Waals surface area contributed by atoms with Crippen molar-refractivity contribution in [1.29, 1.82) is 0 Å². The number of nitrogens with zero attached hydrogens (tertiary/aromatic N) is 6. The van der Waals surface area contributed by atoms with E-state index in [-0.39, 0.29) is 6.61 Å². The molecule has 14 heteroatoms. The molecule has 62 heavy (non-hydrogen) atoms. The maximum absolute atomic E-state index is 9.20. The maximum Gasteiger partial charge on any atom is 0.208 e. The summed E-state index contributed by atoms with van der Waals surface area (Å²) in [7, 11) is 3.97. The Morgan fingerprint density at radius 3 is 1.53 bits per heavy atom. The lowest BCUT2D eigenvalue weighted by Gasteiger charge is -2.08. The third-order valence-electron chi connectivity index (χ3n) is 9.98. The molecule has 0 unspecified atom stereocenters. The molecule has 0 aliphatic carbocycles. The second-order valence-corrected chi connectivity index (χ2v) is 16.5. The molecule has 0 saturated carbocycles. The molecule has 1 fully saturated rings. The van der Waals surface area contributed by atoms with Crippen LogP contribution in [0.15, 0.2) is 131 Å². The van der Waals surface area contributed by atoms with Crippen LogP contribution in [0.4, 0.5) is 23.3 Å². The number of benzene rings is 4. The zero-order valence-corrected chi connectivity index (χ0v) is 38.2. The summed E-state index contributed by atoms with van der Waals surface area (Å²) >= 11 is 6.90. The number of anilines is 4.